The van der Waals surface area contributed by atoms with Crippen molar-refractivity contribution >= 4 is 11.9 Å². The number of rotatable bonds is 6. The van der Waals surface area contributed by atoms with Crippen molar-refractivity contribution in [3.63, 3.8) is 0 Å². The number of hydrogen-bond acceptors (Lipinski definition) is 2. The van der Waals surface area contributed by atoms with Crippen LogP contribution in [0.4, 0.5) is 0 Å². The molecule has 0 heterocycles. The molecular weight excluding hydrogens is 230 g/mol. The number of carbonyl (C=O) groups excluding carboxylic acids is 1. The summed E-state index contributed by atoms with van der Waals surface area (Å²) >= 11 is 0. The smallest absolute Gasteiger partial charge is 0.303 e. The molecule has 1 saturated carbocycles. The number of carboxylic acid groups (broad SMARTS) is 1. The van der Waals surface area contributed by atoms with E-state index in [0.29, 0.717) is 6.42 Å². The second-order valence-electron chi connectivity index (χ2n) is 5.65. The van der Waals surface area contributed by atoms with Gasteiger partial charge >= 0.3 is 5.97 Å². The van der Waals surface area contributed by atoms with E-state index in [1.165, 1.54) is 0 Å². The van der Waals surface area contributed by atoms with Crippen LogP contribution in [0.5, 0.6) is 0 Å². The van der Waals surface area contributed by atoms with E-state index in [1.54, 1.807) is 0 Å². The molecule has 0 radical (unpaired) electrons. The topological polar surface area (TPSA) is 66.4 Å². The van der Waals surface area contributed by atoms with Gasteiger partial charge in [0.15, 0.2) is 0 Å². The van der Waals surface area contributed by atoms with Gasteiger partial charge in [0, 0.05) is 18.4 Å². The molecule has 1 aliphatic rings. The third-order valence-electron chi connectivity index (χ3n) is 3.80. The SMILES string of the molecule is CC1CCC(C(=O)NC(C)CCCC(=O)O)CC1. The fourth-order valence-electron chi connectivity index (χ4n) is 2.51. The van der Waals surface area contributed by atoms with Crippen LogP contribution >= 0.6 is 0 Å². The Bertz CT molecular complexity index is 283. The van der Waals surface area contributed by atoms with Gasteiger partial charge in [-0.3, -0.25) is 9.59 Å². The molecule has 0 aromatic rings. The molecule has 1 rings (SSSR count). The van der Waals surface area contributed by atoms with E-state index in [-0.39, 0.29) is 24.3 Å². The zero-order chi connectivity index (χ0) is 13.5. The first-order valence-electron chi connectivity index (χ1n) is 7.01. The molecule has 0 bridgehead atoms. The van der Waals surface area contributed by atoms with Crippen LogP contribution in [0.25, 0.3) is 0 Å². The third-order valence-corrected chi connectivity index (χ3v) is 3.80. The molecule has 1 atom stereocenters. The minimum atomic E-state index is -0.769. The van der Waals surface area contributed by atoms with Crippen LogP contribution in [0.3, 0.4) is 0 Å². The van der Waals surface area contributed by atoms with Gasteiger partial charge in [-0.15, -0.1) is 0 Å². The molecule has 18 heavy (non-hydrogen) atoms. The van der Waals surface area contributed by atoms with Crippen molar-refractivity contribution in [3.8, 4) is 0 Å². The maximum absolute atomic E-state index is 12.0. The van der Waals surface area contributed by atoms with Crippen molar-refractivity contribution in [1.29, 1.82) is 0 Å². The number of carbonyl (C=O) groups is 2. The van der Waals surface area contributed by atoms with E-state index in [2.05, 4.69) is 12.2 Å². The van der Waals surface area contributed by atoms with E-state index in [0.717, 1.165) is 38.0 Å². The highest BCUT2D eigenvalue weighted by molar-refractivity contribution is 5.79. The highest BCUT2D eigenvalue weighted by Crippen LogP contribution is 2.28. The Kier molecular flexibility index (Phi) is 6.16. The number of amides is 1. The van der Waals surface area contributed by atoms with Gasteiger partial charge in [-0.2, -0.15) is 0 Å². The van der Waals surface area contributed by atoms with E-state index < -0.39 is 5.97 Å². The zero-order valence-electron chi connectivity index (χ0n) is 11.4. The van der Waals surface area contributed by atoms with Gasteiger partial charge in [0.25, 0.3) is 0 Å². The first kappa shape index (κ1) is 15.0. The van der Waals surface area contributed by atoms with Crippen LogP contribution in [-0.4, -0.2) is 23.0 Å². The summed E-state index contributed by atoms with van der Waals surface area (Å²) in [5.74, 6) is 0.310. The highest BCUT2D eigenvalue weighted by Gasteiger charge is 2.24. The van der Waals surface area contributed by atoms with E-state index in [4.69, 9.17) is 5.11 Å². The van der Waals surface area contributed by atoms with Crippen molar-refractivity contribution in [2.75, 3.05) is 0 Å². The number of aliphatic carboxylic acids is 1. The summed E-state index contributed by atoms with van der Waals surface area (Å²) in [6.45, 7) is 4.19. The van der Waals surface area contributed by atoms with Gasteiger partial charge in [-0.05, 0) is 51.4 Å². The van der Waals surface area contributed by atoms with Crippen molar-refractivity contribution in [2.24, 2.45) is 11.8 Å². The zero-order valence-corrected chi connectivity index (χ0v) is 11.4. The monoisotopic (exact) mass is 255 g/mol. The van der Waals surface area contributed by atoms with Crippen LogP contribution in [0, 0.1) is 11.8 Å². The molecule has 0 spiro atoms. The molecule has 4 nitrogen and oxygen atoms in total. The Morgan fingerprint density at radius 1 is 1.28 bits per heavy atom. The normalized spacial score (nSPS) is 25.4. The summed E-state index contributed by atoms with van der Waals surface area (Å²) in [7, 11) is 0. The lowest BCUT2D eigenvalue weighted by molar-refractivity contribution is -0.137. The Labute approximate surface area is 109 Å². The molecule has 1 amide bonds. The molecule has 0 aromatic carbocycles. The molecule has 1 aliphatic carbocycles. The predicted octanol–water partition coefficient (Wildman–Crippen LogP) is 2.57. The summed E-state index contributed by atoms with van der Waals surface area (Å²) < 4.78 is 0. The lowest BCUT2D eigenvalue weighted by atomic mass is 9.82. The van der Waals surface area contributed by atoms with Crippen LogP contribution in [0.15, 0.2) is 0 Å². The highest BCUT2D eigenvalue weighted by atomic mass is 16.4. The molecule has 1 unspecified atom stereocenters. The Morgan fingerprint density at radius 2 is 1.89 bits per heavy atom. The molecule has 104 valence electrons. The average Bonchev–Trinajstić information content (AvgIpc) is 2.29. The minimum Gasteiger partial charge on any atom is -0.481 e. The summed E-state index contributed by atoms with van der Waals surface area (Å²) in [5, 5.41) is 11.6. The summed E-state index contributed by atoms with van der Waals surface area (Å²) in [5.41, 5.74) is 0. The molecule has 0 aliphatic heterocycles. The van der Waals surface area contributed by atoms with Gasteiger partial charge in [0.05, 0.1) is 0 Å². The fourth-order valence-corrected chi connectivity index (χ4v) is 2.51. The standard InChI is InChI=1S/C14H25NO3/c1-10-6-8-12(9-7-10)14(18)15-11(2)4-3-5-13(16)17/h10-12H,3-9H2,1-2H3,(H,15,18)(H,16,17). The predicted molar refractivity (Wildman–Crippen MR) is 70.2 cm³/mol. The van der Waals surface area contributed by atoms with E-state index >= 15 is 0 Å². The van der Waals surface area contributed by atoms with Gasteiger partial charge < -0.3 is 10.4 Å². The summed E-state index contributed by atoms with van der Waals surface area (Å²) in [4.78, 5) is 22.4. The summed E-state index contributed by atoms with van der Waals surface area (Å²) in [6, 6.07) is 0.0798. The first-order valence-corrected chi connectivity index (χ1v) is 7.01. The van der Waals surface area contributed by atoms with Crippen molar-refractivity contribution in [1.82, 2.24) is 5.32 Å². The maximum atomic E-state index is 12.0. The average molecular weight is 255 g/mol. The van der Waals surface area contributed by atoms with Crippen LogP contribution in [-0.2, 0) is 9.59 Å². The fraction of sp³-hybridized carbons (Fsp3) is 0.857. The second kappa shape index (κ2) is 7.39. The molecule has 0 aromatic heterocycles. The lowest BCUT2D eigenvalue weighted by Gasteiger charge is -2.26. The molecule has 0 saturated heterocycles. The molecule has 4 heteroatoms. The Hall–Kier alpha value is -1.06. The van der Waals surface area contributed by atoms with E-state index in [1.807, 2.05) is 6.92 Å². The van der Waals surface area contributed by atoms with E-state index in [9.17, 15) is 9.59 Å². The second-order valence-corrected chi connectivity index (χ2v) is 5.65. The van der Waals surface area contributed by atoms with Crippen molar-refractivity contribution in [3.05, 3.63) is 0 Å². The number of hydrogen-bond donors (Lipinski definition) is 2. The Balaban J connectivity index is 2.20. The molecule has 1 fully saturated rings. The molecule has 2 N–H and O–H groups in total. The van der Waals surface area contributed by atoms with Crippen molar-refractivity contribution < 1.29 is 14.7 Å². The van der Waals surface area contributed by atoms with Gasteiger partial charge in [0.2, 0.25) is 5.91 Å². The third kappa shape index (κ3) is 5.52. The van der Waals surface area contributed by atoms with Gasteiger partial charge in [-0.25, -0.2) is 0 Å². The Morgan fingerprint density at radius 3 is 2.44 bits per heavy atom. The van der Waals surface area contributed by atoms with Crippen LogP contribution in [0.1, 0.15) is 58.8 Å². The largest absolute Gasteiger partial charge is 0.481 e. The minimum absolute atomic E-state index is 0.0798. The number of carboxylic acids is 1. The van der Waals surface area contributed by atoms with Crippen molar-refractivity contribution in [2.45, 2.75) is 64.8 Å². The van der Waals surface area contributed by atoms with Crippen LogP contribution in [0.2, 0.25) is 0 Å². The van der Waals surface area contributed by atoms with Crippen LogP contribution < -0.4 is 5.32 Å². The number of nitrogens with one attached hydrogen (secondary N) is 1. The maximum Gasteiger partial charge on any atom is 0.303 e. The quantitative estimate of drug-likeness (QED) is 0.766. The molecular formula is C14H25NO3. The first-order chi connectivity index (χ1) is 8.49. The van der Waals surface area contributed by atoms with Gasteiger partial charge in [-0.1, -0.05) is 6.92 Å². The van der Waals surface area contributed by atoms with Gasteiger partial charge in [0.1, 0.15) is 0 Å². The lowest BCUT2D eigenvalue weighted by Crippen LogP contribution is -2.38. The summed E-state index contributed by atoms with van der Waals surface area (Å²) in [6.07, 6.45) is 5.82.